The van der Waals surface area contributed by atoms with E-state index in [2.05, 4.69) is 53.4 Å². The van der Waals surface area contributed by atoms with Crippen molar-refractivity contribution in [1.82, 2.24) is 15.2 Å². The Labute approximate surface area is 202 Å². The van der Waals surface area contributed by atoms with Crippen LogP contribution in [0, 0.1) is 0 Å². The van der Waals surface area contributed by atoms with Crippen molar-refractivity contribution in [3.05, 3.63) is 70.4 Å². The molecule has 5 heteroatoms. The quantitative estimate of drug-likeness (QED) is 0.365. The smallest absolute Gasteiger partial charge is 0.220 e. The van der Waals surface area contributed by atoms with Crippen LogP contribution in [0.3, 0.4) is 0 Å². The lowest BCUT2D eigenvalue weighted by atomic mass is 9.87. The zero-order valence-electron chi connectivity index (χ0n) is 19.9. The van der Waals surface area contributed by atoms with E-state index in [1.165, 1.54) is 47.8 Å². The monoisotopic (exact) mass is 465 g/mol. The van der Waals surface area contributed by atoms with Crippen LogP contribution < -0.4 is 5.32 Å². The number of H-pyrrole nitrogens is 1. The van der Waals surface area contributed by atoms with Crippen molar-refractivity contribution < 1.29 is 4.79 Å². The molecule has 4 rings (SSSR count). The lowest BCUT2D eigenvalue weighted by Gasteiger charge is -2.33. The molecule has 4 nitrogen and oxygen atoms in total. The van der Waals surface area contributed by atoms with Crippen LogP contribution >= 0.6 is 11.6 Å². The van der Waals surface area contributed by atoms with Gasteiger partial charge in [0.1, 0.15) is 0 Å². The first kappa shape index (κ1) is 23.8. The SMILES string of the molecule is CCc1cccc2c([C@H](CC(=O)NCCCN3CCCC[C@H]3C)c3ccc(Cl)cc3)c[nH]c12. The Morgan fingerprint density at radius 3 is 2.79 bits per heavy atom. The molecule has 0 radical (unpaired) electrons. The van der Waals surface area contributed by atoms with Crippen LogP contribution in [-0.2, 0) is 11.2 Å². The van der Waals surface area contributed by atoms with E-state index in [9.17, 15) is 4.79 Å². The van der Waals surface area contributed by atoms with Gasteiger partial charge in [-0.2, -0.15) is 0 Å². The van der Waals surface area contributed by atoms with Gasteiger partial charge in [-0.1, -0.05) is 55.3 Å². The van der Waals surface area contributed by atoms with Gasteiger partial charge in [-0.3, -0.25) is 4.79 Å². The highest BCUT2D eigenvalue weighted by molar-refractivity contribution is 6.30. The van der Waals surface area contributed by atoms with Crippen molar-refractivity contribution >= 4 is 28.4 Å². The summed E-state index contributed by atoms with van der Waals surface area (Å²) in [6.45, 7) is 7.46. The minimum absolute atomic E-state index is 0.0229. The van der Waals surface area contributed by atoms with E-state index in [-0.39, 0.29) is 11.8 Å². The van der Waals surface area contributed by atoms with Gasteiger partial charge in [0.05, 0.1) is 0 Å². The molecule has 0 aliphatic carbocycles. The maximum atomic E-state index is 13.0. The second-order valence-corrected chi connectivity index (χ2v) is 9.77. The second-order valence-electron chi connectivity index (χ2n) is 9.33. The third kappa shape index (κ3) is 5.80. The number of piperidine rings is 1. The number of nitrogens with one attached hydrogen (secondary N) is 2. The number of hydrogen-bond acceptors (Lipinski definition) is 2. The van der Waals surface area contributed by atoms with E-state index in [0.717, 1.165) is 31.5 Å². The van der Waals surface area contributed by atoms with Crippen LogP contribution in [-0.4, -0.2) is 41.5 Å². The fourth-order valence-electron chi connectivity index (χ4n) is 5.18. The minimum Gasteiger partial charge on any atom is -0.361 e. The predicted octanol–water partition coefficient (Wildman–Crippen LogP) is 6.29. The minimum atomic E-state index is -0.0229. The molecule has 1 aliphatic heterocycles. The number of rotatable bonds is 9. The van der Waals surface area contributed by atoms with E-state index in [4.69, 9.17) is 11.6 Å². The highest BCUT2D eigenvalue weighted by atomic mass is 35.5. The zero-order valence-corrected chi connectivity index (χ0v) is 20.6. The van der Waals surface area contributed by atoms with Gasteiger partial charge in [-0.05, 0) is 68.0 Å². The van der Waals surface area contributed by atoms with Crippen molar-refractivity contribution in [2.45, 2.75) is 64.3 Å². The van der Waals surface area contributed by atoms with Crippen LogP contribution in [0.5, 0.6) is 0 Å². The first-order valence-corrected chi connectivity index (χ1v) is 12.8. The van der Waals surface area contributed by atoms with Crippen molar-refractivity contribution in [2.24, 2.45) is 0 Å². The number of hydrogen-bond donors (Lipinski definition) is 2. The van der Waals surface area contributed by atoms with Crippen LogP contribution in [0.1, 0.15) is 68.6 Å². The summed E-state index contributed by atoms with van der Waals surface area (Å²) >= 11 is 6.15. The predicted molar refractivity (Wildman–Crippen MR) is 138 cm³/mol. The Kier molecular flexibility index (Phi) is 8.11. The van der Waals surface area contributed by atoms with Crippen molar-refractivity contribution in [3.63, 3.8) is 0 Å². The Balaban J connectivity index is 1.46. The summed E-state index contributed by atoms with van der Waals surface area (Å²) in [6, 6.07) is 15.0. The van der Waals surface area contributed by atoms with Gasteiger partial charge < -0.3 is 15.2 Å². The normalized spacial score (nSPS) is 17.8. The van der Waals surface area contributed by atoms with Gasteiger partial charge in [0.25, 0.3) is 0 Å². The summed E-state index contributed by atoms with van der Waals surface area (Å²) in [4.78, 5) is 19.0. The number of carbonyl (C=O) groups excluding carboxylic acids is 1. The maximum absolute atomic E-state index is 13.0. The summed E-state index contributed by atoms with van der Waals surface area (Å²) < 4.78 is 0. The number of amides is 1. The molecule has 1 saturated heterocycles. The molecule has 0 saturated carbocycles. The lowest BCUT2D eigenvalue weighted by molar-refractivity contribution is -0.121. The second kappa shape index (κ2) is 11.2. The van der Waals surface area contributed by atoms with Gasteiger partial charge >= 0.3 is 0 Å². The van der Waals surface area contributed by atoms with Crippen molar-refractivity contribution in [3.8, 4) is 0 Å². The molecule has 2 aromatic carbocycles. The van der Waals surface area contributed by atoms with Crippen LogP contribution in [0.2, 0.25) is 5.02 Å². The number of halogens is 1. The molecule has 2 atom stereocenters. The topological polar surface area (TPSA) is 48.1 Å². The van der Waals surface area contributed by atoms with E-state index >= 15 is 0 Å². The highest BCUT2D eigenvalue weighted by Gasteiger charge is 2.22. The average molecular weight is 466 g/mol. The summed E-state index contributed by atoms with van der Waals surface area (Å²) in [5.74, 6) is 0.0767. The van der Waals surface area contributed by atoms with Gasteiger partial charge in [-0.15, -0.1) is 0 Å². The van der Waals surface area contributed by atoms with E-state index in [1.54, 1.807) is 0 Å². The first-order chi connectivity index (χ1) is 16.1. The zero-order chi connectivity index (χ0) is 23.2. The highest BCUT2D eigenvalue weighted by Crippen LogP contribution is 2.35. The molecule has 176 valence electrons. The average Bonchev–Trinajstić information content (AvgIpc) is 3.26. The molecule has 1 amide bonds. The third-order valence-electron chi connectivity index (χ3n) is 7.14. The van der Waals surface area contributed by atoms with Crippen molar-refractivity contribution in [2.75, 3.05) is 19.6 Å². The molecule has 3 aromatic rings. The van der Waals surface area contributed by atoms with Crippen LogP contribution in [0.4, 0.5) is 0 Å². The summed E-state index contributed by atoms with van der Waals surface area (Å²) in [6.07, 6.45) is 8.39. The number of fused-ring (bicyclic) bond motifs is 1. The molecule has 33 heavy (non-hydrogen) atoms. The third-order valence-corrected chi connectivity index (χ3v) is 7.39. The van der Waals surface area contributed by atoms with Crippen molar-refractivity contribution in [1.29, 1.82) is 0 Å². The molecule has 2 heterocycles. The van der Waals surface area contributed by atoms with Crippen LogP contribution in [0.15, 0.2) is 48.7 Å². The summed E-state index contributed by atoms with van der Waals surface area (Å²) in [5.41, 5.74) is 4.74. The number of benzene rings is 2. The molecule has 0 spiro atoms. The number of para-hydroxylation sites is 1. The standard InChI is InChI=1S/C28H36ClN3O/c1-3-21-9-6-10-24-26(19-31-28(21)24)25(22-11-13-23(29)14-12-22)18-27(33)30-15-7-17-32-16-5-4-8-20(32)2/h6,9-14,19-20,25,31H,3-5,7-8,15-18H2,1-2H3,(H,30,33)/t20-,25-/m1/s1. The molecule has 1 aliphatic rings. The molecule has 1 fully saturated rings. The molecule has 2 N–H and O–H groups in total. The number of aryl methyl sites for hydroxylation is 1. The molecular weight excluding hydrogens is 430 g/mol. The Hall–Kier alpha value is -2.30. The van der Waals surface area contributed by atoms with Gasteiger partial charge in [0, 0.05) is 53.6 Å². The Bertz CT molecular complexity index is 1060. The van der Waals surface area contributed by atoms with Crippen LogP contribution in [0.25, 0.3) is 10.9 Å². The fourth-order valence-corrected chi connectivity index (χ4v) is 5.31. The number of likely N-dealkylation sites (tertiary alicyclic amines) is 1. The Morgan fingerprint density at radius 1 is 1.21 bits per heavy atom. The number of carbonyl (C=O) groups is 1. The largest absolute Gasteiger partial charge is 0.361 e. The molecule has 0 unspecified atom stereocenters. The number of nitrogens with zero attached hydrogens (tertiary/aromatic N) is 1. The van der Waals surface area contributed by atoms with Gasteiger partial charge in [0.2, 0.25) is 5.91 Å². The molecule has 0 bridgehead atoms. The number of aromatic amines is 1. The number of aromatic nitrogens is 1. The van der Waals surface area contributed by atoms with Gasteiger partial charge in [0.15, 0.2) is 0 Å². The lowest BCUT2D eigenvalue weighted by Crippen LogP contribution is -2.39. The Morgan fingerprint density at radius 2 is 2.03 bits per heavy atom. The van der Waals surface area contributed by atoms with E-state index in [1.807, 2.05) is 24.3 Å². The molecular formula is C28H36ClN3O. The fraction of sp³-hybridized carbons (Fsp3) is 0.464. The molecule has 1 aromatic heterocycles. The van der Waals surface area contributed by atoms with E-state index in [0.29, 0.717) is 17.5 Å². The maximum Gasteiger partial charge on any atom is 0.220 e. The van der Waals surface area contributed by atoms with Gasteiger partial charge in [-0.25, -0.2) is 0 Å². The first-order valence-electron chi connectivity index (χ1n) is 12.4. The summed E-state index contributed by atoms with van der Waals surface area (Å²) in [7, 11) is 0. The van der Waals surface area contributed by atoms with E-state index < -0.39 is 0 Å². The summed E-state index contributed by atoms with van der Waals surface area (Å²) in [5, 5.41) is 5.08.